The standard InChI is InChI=1S/C22H29NO3/c1-16(2)26-20-10-7-18(8-11-20)6-5-13-23-22(24)15-19-9-12-21(25-4)17(3)14-19/h7-12,14,16H,5-6,13,15H2,1-4H3,(H,23,24). The maximum absolute atomic E-state index is 12.1. The average Bonchev–Trinajstić information content (AvgIpc) is 2.60. The highest BCUT2D eigenvalue weighted by Crippen LogP contribution is 2.18. The van der Waals surface area contributed by atoms with Crippen LogP contribution in [0, 0.1) is 6.92 Å². The van der Waals surface area contributed by atoms with Gasteiger partial charge in [-0.05, 0) is 68.5 Å². The zero-order valence-electron chi connectivity index (χ0n) is 16.2. The van der Waals surface area contributed by atoms with E-state index >= 15 is 0 Å². The van der Waals surface area contributed by atoms with E-state index in [1.165, 1.54) is 5.56 Å². The Labute approximate surface area is 156 Å². The lowest BCUT2D eigenvalue weighted by Crippen LogP contribution is -2.26. The van der Waals surface area contributed by atoms with Crippen LogP contribution in [0.15, 0.2) is 42.5 Å². The predicted molar refractivity (Wildman–Crippen MR) is 105 cm³/mol. The molecule has 4 heteroatoms. The minimum atomic E-state index is 0.0512. The molecular formula is C22H29NO3. The molecule has 0 saturated carbocycles. The van der Waals surface area contributed by atoms with Gasteiger partial charge in [-0.1, -0.05) is 24.3 Å². The molecular weight excluding hydrogens is 326 g/mol. The zero-order valence-corrected chi connectivity index (χ0v) is 16.2. The molecule has 4 nitrogen and oxygen atoms in total. The maximum Gasteiger partial charge on any atom is 0.224 e. The van der Waals surface area contributed by atoms with Crippen LogP contribution < -0.4 is 14.8 Å². The number of methoxy groups -OCH3 is 1. The Bertz CT molecular complexity index is 708. The van der Waals surface area contributed by atoms with Crippen LogP contribution in [-0.4, -0.2) is 25.7 Å². The van der Waals surface area contributed by atoms with Gasteiger partial charge >= 0.3 is 0 Å². The predicted octanol–water partition coefficient (Wildman–Crippen LogP) is 4.08. The van der Waals surface area contributed by atoms with Crippen molar-refractivity contribution in [1.82, 2.24) is 5.32 Å². The molecule has 0 radical (unpaired) electrons. The van der Waals surface area contributed by atoms with E-state index in [9.17, 15) is 4.79 Å². The van der Waals surface area contributed by atoms with E-state index in [1.807, 2.05) is 51.1 Å². The lowest BCUT2D eigenvalue weighted by Gasteiger charge is -2.10. The third-order valence-electron chi connectivity index (χ3n) is 4.08. The number of carbonyl (C=O) groups excluding carboxylic acids is 1. The Morgan fingerprint density at radius 2 is 1.77 bits per heavy atom. The van der Waals surface area contributed by atoms with E-state index in [0.29, 0.717) is 13.0 Å². The fourth-order valence-corrected chi connectivity index (χ4v) is 2.83. The van der Waals surface area contributed by atoms with Crippen LogP contribution >= 0.6 is 0 Å². The molecule has 0 heterocycles. The number of benzene rings is 2. The molecule has 2 rings (SSSR count). The van der Waals surface area contributed by atoms with E-state index in [2.05, 4.69) is 17.4 Å². The molecule has 1 N–H and O–H groups in total. The van der Waals surface area contributed by atoms with Crippen molar-refractivity contribution in [1.29, 1.82) is 0 Å². The minimum Gasteiger partial charge on any atom is -0.496 e. The summed E-state index contributed by atoms with van der Waals surface area (Å²) in [4.78, 5) is 12.1. The molecule has 2 aromatic carbocycles. The third kappa shape index (κ3) is 6.43. The second-order valence-electron chi connectivity index (χ2n) is 6.74. The van der Waals surface area contributed by atoms with Crippen molar-refractivity contribution < 1.29 is 14.3 Å². The van der Waals surface area contributed by atoms with E-state index in [0.717, 1.165) is 35.5 Å². The smallest absolute Gasteiger partial charge is 0.224 e. The first-order chi connectivity index (χ1) is 12.5. The number of hydrogen-bond acceptors (Lipinski definition) is 3. The van der Waals surface area contributed by atoms with Crippen molar-refractivity contribution in [3.05, 3.63) is 59.2 Å². The van der Waals surface area contributed by atoms with Gasteiger partial charge in [-0.25, -0.2) is 0 Å². The molecule has 1 amide bonds. The molecule has 0 saturated heterocycles. The second kappa shape index (κ2) is 9.85. The molecule has 0 aliphatic carbocycles. The molecule has 0 spiro atoms. The summed E-state index contributed by atoms with van der Waals surface area (Å²) in [5.41, 5.74) is 3.30. The molecule has 2 aromatic rings. The summed E-state index contributed by atoms with van der Waals surface area (Å²) in [6.45, 7) is 6.70. The first-order valence-electron chi connectivity index (χ1n) is 9.13. The molecule has 0 aliphatic heterocycles. The minimum absolute atomic E-state index is 0.0512. The van der Waals surface area contributed by atoms with Gasteiger partial charge in [0.05, 0.1) is 19.6 Å². The van der Waals surface area contributed by atoms with Crippen molar-refractivity contribution in [3.8, 4) is 11.5 Å². The number of rotatable bonds is 9. The maximum atomic E-state index is 12.1. The average molecular weight is 355 g/mol. The number of amides is 1. The summed E-state index contributed by atoms with van der Waals surface area (Å²) < 4.78 is 10.9. The topological polar surface area (TPSA) is 47.6 Å². The van der Waals surface area contributed by atoms with Gasteiger partial charge in [0.25, 0.3) is 0 Å². The van der Waals surface area contributed by atoms with E-state index in [1.54, 1.807) is 7.11 Å². The Balaban J connectivity index is 1.70. The van der Waals surface area contributed by atoms with Gasteiger partial charge < -0.3 is 14.8 Å². The highest BCUT2D eigenvalue weighted by atomic mass is 16.5. The summed E-state index contributed by atoms with van der Waals surface area (Å²) in [6, 6.07) is 14.0. The molecule has 0 fully saturated rings. The van der Waals surface area contributed by atoms with Crippen LogP contribution in [0.5, 0.6) is 11.5 Å². The van der Waals surface area contributed by atoms with Gasteiger partial charge in [0, 0.05) is 6.54 Å². The third-order valence-corrected chi connectivity index (χ3v) is 4.08. The Morgan fingerprint density at radius 3 is 2.38 bits per heavy atom. The van der Waals surface area contributed by atoms with Crippen LogP contribution in [-0.2, 0) is 17.6 Å². The Morgan fingerprint density at radius 1 is 1.08 bits per heavy atom. The van der Waals surface area contributed by atoms with Crippen molar-refractivity contribution in [2.45, 2.75) is 46.1 Å². The molecule has 0 bridgehead atoms. The first-order valence-corrected chi connectivity index (χ1v) is 9.13. The monoisotopic (exact) mass is 355 g/mol. The quantitative estimate of drug-likeness (QED) is 0.690. The van der Waals surface area contributed by atoms with Crippen molar-refractivity contribution in [2.24, 2.45) is 0 Å². The van der Waals surface area contributed by atoms with Crippen molar-refractivity contribution in [3.63, 3.8) is 0 Å². The number of carbonyl (C=O) groups is 1. The van der Waals surface area contributed by atoms with Gasteiger partial charge in [-0.15, -0.1) is 0 Å². The van der Waals surface area contributed by atoms with Gasteiger partial charge in [0.15, 0.2) is 0 Å². The van der Waals surface area contributed by atoms with Crippen LogP contribution in [0.2, 0.25) is 0 Å². The number of ether oxygens (including phenoxy) is 2. The van der Waals surface area contributed by atoms with Crippen molar-refractivity contribution >= 4 is 5.91 Å². The molecule has 0 aromatic heterocycles. The van der Waals surface area contributed by atoms with Crippen LogP contribution in [0.25, 0.3) is 0 Å². The highest BCUT2D eigenvalue weighted by molar-refractivity contribution is 5.78. The first kappa shape index (κ1) is 19.8. The second-order valence-corrected chi connectivity index (χ2v) is 6.74. The van der Waals surface area contributed by atoms with Crippen molar-refractivity contribution in [2.75, 3.05) is 13.7 Å². The van der Waals surface area contributed by atoms with E-state index < -0.39 is 0 Å². The number of hydrogen-bond donors (Lipinski definition) is 1. The molecule has 140 valence electrons. The number of nitrogens with one attached hydrogen (secondary N) is 1. The highest BCUT2D eigenvalue weighted by Gasteiger charge is 2.06. The summed E-state index contributed by atoms with van der Waals surface area (Å²) in [6.07, 6.45) is 2.43. The Kier molecular flexibility index (Phi) is 7.52. The van der Waals surface area contributed by atoms with Gasteiger partial charge in [0.1, 0.15) is 11.5 Å². The molecule has 0 atom stereocenters. The summed E-state index contributed by atoms with van der Waals surface area (Å²) in [5, 5.41) is 2.99. The van der Waals surface area contributed by atoms with Crippen LogP contribution in [0.1, 0.15) is 37.0 Å². The number of aryl methyl sites for hydroxylation is 2. The van der Waals surface area contributed by atoms with Gasteiger partial charge in [-0.3, -0.25) is 4.79 Å². The lowest BCUT2D eigenvalue weighted by molar-refractivity contribution is -0.120. The van der Waals surface area contributed by atoms with Gasteiger partial charge in [-0.2, -0.15) is 0 Å². The SMILES string of the molecule is COc1ccc(CC(=O)NCCCc2ccc(OC(C)C)cc2)cc1C. The van der Waals surface area contributed by atoms with E-state index in [4.69, 9.17) is 9.47 Å². The van der Waals surface area contributed by atoms with Gasteiger partial charge in [0.2, 0.25) is 5.91 Å². The summed E-state index contributed by atoms with van der Waals surface area (Å²) in [5.74, 6) is 1.79. The summed E-state index contributed by atoms with van der Waals surface area (Å²) in [7, 11) is 1.65. The lowest BCUT2D eigenvalue weighted by atomic mass is 10.1. The Hall–Kier alpha value is -2.49. The normalized spacial score (nSPS) is 10.7. The summed E-state index contributed by atoms with van der Waals surface area (Å²) >= 11 is 0. The molecule has 0 unspecified atom stereocenters. The largest absolute Gasteiger partial charge is 0.496 e. The van der Waals surface area contributed by atoms with Crippen LogP contribution in [0.3, 0.4) is 0 Å². The zero-order chi connectivity index (χ0) is 18.9. The molecule has 0 aliphatic rings. The fraction of sp³-hybridized carbons (Fsp3) is 0.409. The molecule has 26 heavy (non-hydrogen) atoms. The van der Waals surface area contributed by atoms with Crippen LogP contribution in [0.4, 0.5) is 0 Å². The van der Waals surface area contributed by atoms with E-state index in [-0.39, 0.29) is 12.0 Å². The fourth-order valence-electron chi connectivity index (χ4n) is 2.83.